The second-order valence-electron chi connectivity index (χ2n) is 5.19. The zero-order valence-electron chi connectivity index (χ0n) is 12.5. The van der Waals surface area contributed by atoms with Gasteiger partial charge in [0.15, 0.2) is 5.78 Å². The Hall–Kier alpha value is -2.57. The van der Waals surface area contributed by atoms with Gasteiger partial charge in [-0.05, 0) is 31.2 Å². The van der Waals surface area contributed by atoms with Crippen molar-refractivity contribution in [3.05, 3.63) is 29.8 Å². The summed E-state index contributed by atoms with van der Waals surface area (Å²) in [6, 6.07) is 6.77. The fraction of sp³-hybridized carbons (Fsp3) is 0.400. The second kappa shape index (κ2) is 6.93. The van der Waals surface area contributed by atoms with Crippen molar-refractivity contribution in [2.75, 3.05) is 37.6 Å². The SMILES string of the molecule is CC(=O)c1ccc(N2CCN(C(=O)CNC(N)=O)CC2)cc1. The van der Waals surface area contributed by atoms with Gasteiger partial charge in [-0.3, -0.25) is 9.59 Å². The first-order valence-corrected chi connectivity index (χ1v) is 7.14. The number of rotatable bonds is 4. The van der Waals surface area contributed by atoms with Crippen LogP contribution < -0.4 is 16.0 Å². The first-order valence-electron chi connectivity index (χ1n) is 7.14. The molecule has 1 aromatic carbocycles. The maximum atomic E-state index is 11.9. The number of nitrogens with zero attached hydrogens (tertiary/aromatic N) is 2. The van der Waals surface area contributed by atoms with E-state index in [1.165, 1.54) is 0 Å². The summed E-state index contributed by atoms with van der Waals surface area (Å²) in [6.07, 6.45) is 0. The predicted molar refractivity (Wildman–Crippen MR) is 82.8 cm³/mol. The van der Waals surface area contributed by atoms with Crippen LogP contribution in [0.15, 0.2) is 24.3 Å². The molecule has 1 saturated heterocycles. The van der Waals surface area contributed by atoms with Crippen LogP contribution in [0.3, 0.4) is 0 Å². The van der Waals surface area contributed by atoms with Gasteiger partial charge in [-0.15, -0.1) is 0 Å². The Balaban J connectivity index is 1.87. The van der Waals surface area contributed by atoms with E-state index in [-0.39, 0.29) is 18.2 Å². The topological polar surface area (TPSA) is 95.7 Å². The number of carbonyl (C=O) groups is 3. The van der Waals surface area contributed by atoms with Gasteiger partial charge in [-0.1, -0.05) is 0 Å². The molecule has 1 fully saturated rings. The standard InChI is InChI=1S/C15H20N4O3/c1-11(20)12-2-4-13(5-3-12)18-6-8-19(9-7-18)14(21)10-17-15(16)22/h2-5H,6-10H2,1H3,(H3,16,17,22). The summed E-state index contributed by atoms with van der Waals surface area (Å²) in [5.41, 5.74) is 6.67. The van der Waals surface area contributed by atoms with E-state index in [2.05, 4.69) is 10.2 Å². The number of amides is 3. The summed E-state index contributed by atoms with van der Waals surface area (Å²) in [7, 11) is 0. The number of Topliss-reactive ketones (excluding diaryl/α,β-unsaturated/α-hetero) is 1. The highest BCUT2D eigenvalue weighted by Crippen LogP contribution is 2.17. The fourth-order valence-electron chi connectivity index (χ4n) is 2.40. The highest BCUT2D eigenvalue weighted by Gasteiger charge is 2.21. The molecule has 1 aliphatic rings. The van der Waals surface area contributed by atoms with E-state index in [1.54, 1.807) is 11.8 Å². The number of urea groups is 1. The summed E-state index contributed by atoms with van der Waals surface area (Å²) >= 11 is 0. The van der Waals surface area contributed by atoms with Crippen LogP contribution in [0.4, 0.5) is 10.5 Å². The highest BCUT2D eigenvalue weighted by atomic mass is 16.2. The maximum absolute atomic E-state index is 11.9. The van der Waals surface area contributed by atoms with Gasteiger partial charge in [0.25, 0.3) is 0 Å². The van der Waals surface area contributed by atoms with Crippen LogP contribution in [0, 0.1) is 0 Å². The average Bonchev–Trinajstić information content (AvgIpc) is 2.53. The number of benzene rings is 1. The highest BCUT2D eigenvalue weighted by molar-refractivity contribution is 5.94. The van der Waals surface area contributed by atoms with E-state index in [4.69, 9.17) is 5.73 Å². The third-order valence-electron chi connectivity index (χ3n) is 3.69. The lowest BCUT2D eigenvalue weighted by atomic mass is 10.1. The van der Waals surface area contributed by atoms with Crippen molar-refractivity contribution in [2.24, 2.45) is 5.73 Å². The molecule has 2 rings (SSSR count). The smallest absolute Gasteiger partial charge is 0.312 e. The van der Waals surface area contributed by atoms with Crippen molar-refractivity contribution in [3.8, 4) is 0 Å². The number of hydrogen-bond acceptors (Lipinski definition) is 4. The molecule has 0 aliphatic carbocycles. The van der Waals surface area contributed by atoms with Gasteiger partial charge in [0.1, 0.15) is 0 Å². The molecule has 7 heteroatoms. The number of ketones is 1. The van der Waals surface area contributed by atoms with E-state index >= 15 is 0 Å². The second-order valence-corrected chi connectivity index (χ2v) is 5.19. The zero-order valence-corrected chi connectivity index (χ0v) is 12.5. The molecule has 0 radical (unpaired) electrons. The van der Waals surface area contributed by atoms with Crippen LogP contribution in [-0.2, 0) is 4.79 Å². The predicted octanol–water partition coefficient (Wildman–Crippen LogP) is 0.206. The molecule has 1 aliphatic heterocycles. The van der Waals surface area contributed by atoms with Crippen LogP contribution in [0.25, 0.3) is 0 Å². The summed E-state index contributed by atoms with van der Waals surface area (Å²) < 4.78 is 0. The number of primary amides is 1. The summed E-state index contributed by atoms with van der Waals surface area (Å²) in [4.78, 5) is 37.6. The van der Waals surface area contributed by atoms with E-state index < -0.39 is 6.03 Å². The van der Waals surface area contributed by atoms with Gasteiger partial charge in [0.2, 0.25) is 5.91 Å². The molecule has 1 heterocycles. The monoisotopic (exact) mass is 304 g/mol. The third kappa shape index (κ3) is 3.97. The quantitative estimate of drug-likeness (QED) is 0.777. The Labute approximate surface area is 129 Å². The molecule has 118 valence electrons. The Morgan fingerprint density at radius 1 is 1.09 bits per heavy atom. The van der Waals surface area contributed by atoms with Gasteiger partial charge in [0, 0.05) is 37.4 Å². The Kier molecular flexibility index (Phi) is 4.98. The first kappa shape index (κ1) is 15.8. The molecule has 3 amide bonds. The Morgan fingerprint density at radius 3 is 2.18 bits per heavy atom. The normalized spacial score (nSPS) is 14.6. The minimum absolute atomic E-state index is 0.0453. The molecule has 22 heavy (non-hydrogen) atoms. The minimum atomic E-state index is -0.697. The van der Waals surface area contributed by atoms with Gasteiger partial charge < -0.3 is 20.9 Å². The van der Waals surface area contributed by atoms with Gasteiger partial charge in [0.05, 0.1) is 6.54 Å². The van der Waals surface area contributed by atoms with Crippen LogP contribution in [0.2, 0.25) is 0 Å². The van der Waals surface area contributed by atoms with Gasteiger partial charge >= 0.3 is 6.03 Å². The Bertz CT molecular complexity index is 563. The van der Waals surface area contributed by atoms with E-state index in [9.17, 15) is 14.4 Å². The number of nitrogens with one attached hydrogen (secondary N) is 1. The number of piperazine rings is 1. The average molecular weight is 304 g/mol. The van der Waals surface area contributed by atoms with Crippen LogP contribution in [0.5, 0.6) is 0 Å². The summed E-state index contributed by atoms with van der Waals surface area (Å²) in [5, 5.41) is 2.30. The largest absolute Gasteiger partial charge is 0.368 e. The zero-order chi connectivity index (χ0) is 16.1. The van der Waals surface area contributed by atoms with Crippen molar-refractivity contribution in [1.29, 1.82) is 0 Å². The summed E-state index contributed by atoms with van der Waals surface area (Å²) in [5.74, 6) is -0.0886. The van der Waals surface area contributed by atoms with Crippen molar-refractivity contribution in [1.82, 2.24) is 10.2 Å². The number of nitrogens with two attached hydrogens (primary N) is 1. The summed E-state index contributed by atoms with van der Waals surface area (Å²) in [6.45, 7) is 4.08. The van der Waals surface area contributed by atoms with Crippen LogP contribution >= 0.6 is 0 Å². The number of carbonyl (C=O) groups excluding carboxylic acids is 3. The lowest BCUT2D eigenvalue weighted by molar-refractivity contribution is -0.130. The van der Waals surface area contributed by atoms with Crippen LogP contribution in [-0.4, -0.2) is 55.3 Å². The molecular formula is C15H20N4O3. The third-order valence-corrected chi connectivity index (χ3v) is 3.69. The fourth-order valence-corrected chi connectivity index (χ4v) is 2.40. The first-order chi connectivity index (χ1) is 10.5. The molecule has 0 aromatic heterocycles. The minimum Gasteiger partial charge on any atom is -0.368 e. The van der Waals surface area contributed by atoms with E-state index in [0.29, 0.717) is 31.7 Å². The number of anilines is 1. The molecule has 0 unspecified atom stereocenters. The van der Waals surface area contributed by atoms with Gasteiger partial charge in [-0.25, -0.2) is 4.79 Å². The van der Waals surface area contributed by atoms with Crippen molar-refractivity contribution in [3.63, 3.8) is 0 Å². The number of hydrogen-bond donors (Lipinski definition) is 2. The molecule has 1 aromatic rings. The molecular weight excluding hydrogens is 284 g/mol. The van der Waals surface area contributed by atoms with Gasteiger partial charge in [-0.2, -0.15) is 0 Å². The lowest BCUT2D eigenvalue weighted by Gasteiger charge is -2.36. The van der Waals surface area contributed by atoms with E-state index in [0.717, 1.165) is 5.69 Å². The maximum Gasteiger partial charge on any atom is 0.312 e. The lowest BCUT2D eigenvalue weighted by Crippen LogP contribution is -2.51. The van der Waals surface area contributed by atoms with Crippen LogP contribution in [0.1, 0.15) is 17.3 Å². The van der Waals surface area contributed by atoms with Crippen molar-refractivity contribution < 1.29 is 14.4 Å². The molecule has 0 spiro atoms. The molecule has 3 N–H and O–H groups in total. The molecule has 7 nitrogen and oxygen atoms in total. The molecule has 0 atom stereocenters. The molecule has 0 bridgehead atoms. The Morgan fingerprint density at radius 2 is 1.68 bits per heavy atom. The van der Waals surface area contributed by atoms with E-state index in [1.807, 2.05) is 24.3 Å². The molecule has 0 saturated carbocycles. The van der Waals surface area contributed by atoms with Crippen molar-refractivity contribution in [2.45, 2.75) is 6.92 Å². The van der Waals surface area contributed by atoms with Crippen molar-refractivity contribution >= 4 is 23.4 Å².